The highest BCUT2D eigenvalue weighted by molar-refractivity contribution is 6.31. The van der Waals surface area contributed by atoms with Gasteiger partial charge in [0, 0.05) is 24.0 Å². The van der Waals surface area contributed by atoms with Crippen LogP contribution in [0.2, 0.25) is 5.02 Å². The Hall–Kier alpha value is -3.33. The maximum Gasteiger partial charge on any atom is 0.333 e. The summed E-state index contributed by atoms with van der Waals surface area (Å²) in [6, 6.07) is 5.54. The lowest BCUT2D eigenvalue weighted by molar-refractivity contribution is -0.141. The number of rotatable bonds is 3. The molecule has 10 heteroatoms. The molecule has 29 heavy (non-hydrogen) atoms. The van der Waals surface area contributed by atoms with Gasteiger partial charge >= 0.3 is 11.7 Å². The quantitative estimate of drug-likeness (QED) is 0.474. The van der Waals surface area contributed by atoms with Gasteiger partial charge in [0.1, 0.15) is 6.54 Å². The zero-order valence-corrected chi connectivity index (χ0v) is 17.0. The van der Waals surface area contributed by atoms with Gasteiger partial charge in [-0.15, -0.1) is 0 Å². The van der Waals surface area contributed by atoms with Crippen molar-refractivity contribution in [1.29, 1.82) is 0 Å². The molecule has 1 aromatic carbocycles. The van der Waals surface area contributed by atoms with Crippen LogP contribution in [-0.4, -0.2) is 36.2 Å². The van der Waals surface area contributed by atoms with E-state index >= 15 is 0 Å². The monoisotopic (exact) mass is 415 g/mol. The molecule has 0 saturated heterocycles. The Morgan fingerprint density at radius 3 is 2.66 bits per heavy atom. The second kappa shape index (κ2) is 6.63. The number of imidazole rings is 2. The maximum absolute atomic E-state index is 13.1. The van der Waals surface area contributed by atoms with Crippen LogP contribution in [0, 0.1) is 13.8 Å². The van der Waals surface area contributed by atoms with Crippen molar-refractivity contribution in [2.24, 2.45) is 7.05 Å². The number of hydrogen-bond acceptors (Lipinski definition) is 5. The molecule has 0 spiro atoms. The highest BCUT2D eigenvalue weighted by atomic mass is 35.5. The van der Waals surface area contributed by atoms with Crippen LogP contribution in [-0.2, 0) is 23.1 Å². The third kappa shape index (κ3) is 2.69. The van der Waals surface area contributed by atoms with E-state index in [1.165, 1.54) is 18.7 Å². The SMILES string of the molecule is COC(=O)Cn1c(=O)c2c(nc3n(-c4cccc(Cl)c4C)c(C)cn23)n(C)c1=O. The van der Waals surface area contributed by atoms with Gasteiger partial charge in [0.2, 0.25) is 5.78 Å². The number of aryl methyl sites for hydroxylation is 2. The van der Waals surface area contributed by atoms with Gasteiger partial charge in [0.25, 0.3) is 5.56 Å². The average molecular weight is 416 g/mol. The van der Waals surface area contributed by atoms with E-state index in [9.17, 15) is 14.4 Å². The molecule has 0 bridgehead atoms. The fraction of sp³-hybridized carbons (Fsp3) is 0.263. The summed E-state index contributed by atoms with van der Waals surface area (Å²) in [7, 11) is 2.70. The molecule has 150 valence electrons. The molecule has 4 aromatic rings. The van der Waals surface area contributed by atoms with Crippen LogP contribution in [0.15, 0.2) is 34.0 Å². The van der Waals surface area contributed by atoms with Gasteiger partial charge in [0.05, 0.1) is 12.8 Å². The molecule has 0 unspecified atom stereocenters. The van der Waals surface area contributed by atoms with Crippen molar-refractivity contribution in [3.05, 3.63) is 61.5 Å². The van der Waals surface area contributed by atoms with Gasteiger partial charge in [-0.25, -0.2) is 9.36 Å². The lowest BCUT2D eigenvalue weighted by Crippen LogP contribution is -2.41. The molecule has 0 aliphatic heterocycles. The third-order valence-corrected chi connectivity index (χ3v) is 5.43. The minimum atomic E-state index is -0.687. The largest absolute Gasteiger partial charge is 0.468 e. The summed E-state index contributed by atoms with van der Waals surface area (Å²) in [6.07, 6.45) is 1.76. The lowest BCUT2D eigenvalue weighted by atomic mass is 10.2. The number of aromatic nitrogens is 5. The summed E-state index contributed by atoms with van der Waals surface area (Å²) in [4.78, 5) is 41.9. The fourth-order valence-electron chi connectivity index (χ4n) is 3.48. The number of benzene rings is 1. The molecular weight excluding hydrogens is 398 g/mol. The molecule has 0 N–H and O–H groups in total. The molecule has 9 nitrogen and oxygen atoms in total. The molecule has 0 atom stereocenters. The Kier molecular flexibility index (Phi) is 4.34. The van der Waals surface area contributed by atoms with Crippen LogP contribution in [0.3, 0.4) is 0 Å². The molecule has 0 radical (unpaired) electrons. The molecular formula is C19H18ClN5O4. The summed E-state index contributed by atoms with van der Waals surface area (Å²) < 4.78 is 10.2. The summed E-state index contributed by atoms with van der Waals surface area (Å²) >= 11 is 6.28. The Morgan fingerprint density at radius 2 is 1.97 bits per heavy atom. The molecule has 0 amide bonds. The number of fused-ring (bicyclic) bond motifs is 3. The number of carbonyl (C=O) groups is 1. The van der Waals surface area contributed by atoms with Crippen LogP contribution in [0.25, 0.3) is 22.6 Å². The minimum Gasteiger partial charge on any atom is -0.468 e. The van der Waals surface area contributed by atoms with Gasteiger partial charge in [0.15, 0.2) is 11.2 Å². The Balaban J connectivity index is 2.11. The normalized spacial score (nSPS) is 11.5. The second-order valence-electron chi connectivity index (χ2n) is 6.75. The number of halogens is 1. The Labute approximate surface area is 169 Å². The predicted octanol–water partition coefficient (Wildman–Crippen LogP) is 1.58. The van der Waals surface area contributed by atoms with E-state index in [0.29, 0.717) is 10.8 Å². The standard InChI is InChI=1S/C19H18ClN5O4/c1-10-8-23-15-16(22(3)19(28)24(17(15)27)9-14(26)29-4)21-18(23)25(10)13-7-5-6-12(20)11(13)2/h5-8H,9H2,1-4H3. The van der Waals surface area contributed by atoms with E-state index in [0.717, 1.165) is 21.5 Å². The van der Waals surface area contributed by atoms with Crippen molar-refractivity contribution in [3.63, 3.8) is 0 Å². The number of hydrogen-bond donors (Lipinski definition) is 0. The maximum atomic E-state index is 13.1. The highest BCUT2D eigenvalue weighted by Crippen LogP contribution is 2.26. The van der Waals surface area contributed by atoms with Gasteiger partial charge in [-0.05, 0) is 31.5 Å². The van der Waals surface area contributed by atoms with Crippen LogP contribution >= 0.6 is 11.6 Å². The Morgan fingerprint density at radius 1 is 1.24 bits per heavy atom. The summed E-state index contributed by atoms with van der Waals surface area (Å²) in [5.41, 5.74) is 1.68. The molecule has 3 heterocycles. The first-order valence-corrected chi connectivity index (χ1v) is 9.16. The number of nitrogens with zero attached hydrogens (tertiary/aromatic N) is 5. The van der Waals surface area contributed by atoms with Crippen molar-refractivity contribution in [2.75, 3.05) is 7.11 Å². The molecule has 3 aromatic heterocycles. The zero-order valence-electron chi connectivity index (χ0n) is 16.3. The number of ether oxygens (including phenoxy) is 1. The van der Waals surface area contributed by atoms with E-state index in [-0.39, 0.29) is 11.2 Å². The smallest absolute Gasteiger partial charge is 0.333 e. The van der Waals surface area contributed by atoms with E-state index in [1.807, 2.05) is 30.5 Å². The summed E-state index contributed by atoms with van der Waals surface area (Å²) in [5.74, 6) is -0.224. The van der Waals surface area contributed by atoms with Crippen molar-refractivity contribution in [2.45, 2.75) is 20.4 Å². The van der Waals surface area contributed by atoms with E-state index in [1.54, 1.807) is 16.7 Å². The second-order valence-corrected chi connectivity index (χ2v) is 7.16. The van der Waals surface area contributed by atoms with Gasteiger partial charge < -0.3 is 4.74 Å². The predicted molar refractivity (Wildman–Crippen MR) is 108 cm³/mol. The van der Waals surface area contributed by atoms with Crippen molar-refractivity contribution in [3.8, 4) is 5.69 Å². The van der Waals surface area contributed by atoms with E-state index in [2.05, 4.69) is 9.72 Å². The van der Waals surface area contributed by atoms with E-state index < -0.39 is 23.8 Å². The summed E-state index contributed by atoms with van der Waals surface area (Å²) in [6.45, 7) is 3.31. The molecule has 0 saturated carbocycles. The van der Waals surface area contributed by atoms with Gasteiger partial charge in [-0.1, -0.05) is 17.7 Å². The lowest BCUT2D eigenvalue weighted by Gasteiger charge is -2.10. The van der Waals surface area contributed by atoms with Crippen LogP contribution in [0.4, 0.5) is 0 Å². The first kappa shape index (κ1) is 19.0. The van der Waals surface area contributed by atoms with Crippen LogP contribution in [0.5, 0.6) is 0 Å². The molecule has 0 fully saturated rings. The molecule has 4 rings (SSSR count). The summed E-state index contributed by atoms with van der Waals surface area (Å²) in [5, 5.41) is 0.609. The van der Waals surface area contributed by atoms with Gasteiger partial charge in [-0.3, -0.25) is 23.1 Å². The first-order valence-electron chi connectivity index (χ1n) is 8.78. The number of esters is 1. The number of methoxy groups -OCH3 is 1. The third-order valence-electron chi connectivity index (χ3n) is 5.02. The molecule has 0 aliphatic rings. The van der Waals surface area contributed by atoms with Gasteiger partial charge in [-0.2, -0.15) is 4.98 Å². The van der Waals surface area contributed by atoms with Crippen molar-refractivity contribution < 1.29 is 9.53 Å². The van der Waals surface area contributed by atoms with Crippen LogP contribution in [0.1, 0.15) is 11.3 Å². The first-order chi connectivity index (χ1) is 13.8. The van der Waals surface area contributed by atoms with Crippen LogP contribution < -0.4 is 11.2 Å². The van der Waals surface area contributed by atoms with E-state index in [4.69, 9.17) is 11.6 Å². The van der Waals surface area contributed by atoms with Crippen molar-refractivity contribution in [1.82, 2.24) is 23.1 Å². The average Bonchev–Trinajstić information content (AvgIpc) is 3.20. The fourth-order valence-corrected chi connectivity index (χ4v) is 3.65. The van der Waals surface area contributed by atoms with Crippen molar-refractivity contribution >= 4 is 34.5 Å². The Bertz CT molecular complexity index is 1420. The minimum absolute atomic E-state index is 0.201. The number of carbonyl (C=O) groups excluding carboxylic acids is 1. The zero-order chi connectivity index (χ0) is 21.0. The topological polar surface area (TPSA) is 92.5 Å². The highest BCUT2D eigenvalue weighted by Gasteiger charge is 2.22. The molecule has 0 aliphatic carbocycles.